The van der Waals surface area contributed by atoms with Crippen LogP contribution in [0, 0.1) is 5.92 Å². The second-order valence-electron chi connectivity index (χ2n) is 3.90. The number of carboxylic acids is 1. The van der Waals surface area contributed by atoms with Crippen LogP contribution in [0.2, 0.25) is 0 Å². The minimum Gasteiger partial charge on any atom is -0.493 e. The minimum absolute atomic E-state index is 0.123. The van der Waals surface area contributed by atoms with Crippen LogP contribution < -0.4 is 9.47 Å². The van der Waals surface area contributed by atoms with E-state index in [-0.39, 0.29) is 11.8 Å². The Bertz CT molecular complexity index is 413. The maximum atomic E-state index is 10.8. The first-order valence-electron chi connectivity index (χ1n) is 5.12. The van der Waals surface area contributed by atoms with E-state index in [0.29, 0.717) is 17.9 Å². The SMILES string of the molecule is COc1ccc([C@H]2C[C@@H]2C(=O)O)cc1OC. The number of methoxy groups -OCH3 is 2. The zero-order valence-electron chi connectivity index (χ0n) is 9.27. The quantitative estimate of drug-likeness (QED) is 0.845. The van der Waals surface area contributed by atoms with Crippen LogP contribution in [0.4, 0.5) is 0 Å². The topological polar surface area (TPSA) is 55.8 Å². The van der Waals surface area contributed by atoms with E-state index in [1.54, 1.807) is 14.2 Å². The zero-order valence-corrected chi connectivity index (χ0v) is 9.27. The van der Waals surface area contributed by atoms with Gasteiger partial charge in [-0.1, -0.05) is 6.07 Å². The van der Waals surface area contributed by atoms with E-state index in [4.69, 9.17) is 14.6 Å². The number of carbonyl (C=O) groups is 1. The summed E-state index contributed by atoms with van der Waals surface area (Å²) in [5, 5.41) is 8.86. The Kier molecular flexibility index (Phi) is 2.73. The Morgan fingerprint density at radius 3 is 2.50 bits per heavy atom. The maximum Gasteiger partial charge on any atom is 0.307 e. The van der Waals surface area contributed by atoms with Crippen molar-refractivity contribution in [2.45, 2.75) is 12.3 Å². The maximum absolute atomic E-state index is 10.8. The largest absolute Gasteiger partial charge is 0.493 e. The van der Waals surface area contributed by atoms with Gasteiger partial charge in [-0.15, -0.1) is 0 Å². The van der Waals surface area contributed by atoms with Gasteiger partial charge in [-0.2, -0.15) is 0 Å². The van der Waals surface area contributed by atoms with E-state index < -0.39 is 5.97 Å². The molecule has 0 saturated heterocycles. The van der Waals surface area contributed by atoms with Crippen LogP contribution in [0.1, 0.15) is 17.9 Å². The smallest absolute Gasteiger partial charge is 0.307 e. The Morgan fingerprint density at radius 2 is 2.00 bits per heavy atom. The highest BCUT2D eigenvalue weighted by Crippen LogP contribution is 2.49. The van der Waals surface area contributed by atoms with E-state index in [9.17, 15) is 4.79 Å². The number of hydrogen-bond donors (Lipinski definition) is 1. The number of carboxylic acid groups (broad SMARTS) is 1. The lowest BCUT2D eigenvalue weighted by Crippen LogP contribution is -1.99. The predicted molar refractivity (Wildman–Crippen MR) is 58.0 cm³/mol. The summed E-state index contributed by atoms with van der Waals surface area (Å²) < 4.78 is 10.3. The molecule has 0 heterocycles. The molecule has 1 N–H and O–H groups in total. The van der Waals surface area contributed by atoms with Crippen molar-refractivity contribution in [3.8, 4) is 11.5 Å². The molecule has 16 heavy (non-hydrogen) atoms. The van der Waals surface area contributed by atoms with Gasteiger partial charge in [0.25, 0.3) is 0 Å². The van der Waals surface area contributed by atoms with Gasteiger partial charge in [-0.3, -0.25) is 4.79 Å². The summed E-state index contributed by atoms with van der Waals surface area (Å²) in [5.41, 5.74) is 1.00. The van der Waals surface area contributed by atoms with Crippen molar-refractivity contribution in [2.75, 3.05) is 14.2 Å². The van der Waals surface area contributed by atoms with Gasteiger partial charge in [0.2, 0.25) is 0 Å². The number of aliphatic carboxylic acids is 1. The van der Waals surface area contributed by atoms with Gasteiger partial charge in [0, 0.05) is 0 Å². The monoisotopic (exact) mass is 222 g/mol. The third-order valence-electron chi connectivity index (χ3n) is 2.94. The Morgan fingerprint density at radius 1 is 1.31 bits per heavy atom. The van der Waals surface area contributed by atoms with Crippen LogP contribution >= 0.6 is 0 Å². The van der Waals surface area contributed by atoms with Crippen LogP contribution in [0.25, 0.3) is 0 Å². The molecule has 1 aliphatic carbocycles. The van der Waals surface area contributed by atoms with E-state index in [1.165, 1.54) is 0 Å². The molecular weight excluding hydrogens is 208 g/mol. The normalized spacial score (nSPS) is 22.6. The van der Waals surface area contributed by atoms with Crippen LogP contribution in [0.15, 0.2) is 18.2 Å². The molecule has 0 bridgehead atoms. The van der Waals surface area contributed by atoms with Crippen LogP contribution in [0.3, 0.4) is 0 Å². The van der Waals surface area contributed by atoms with E-state index in [1.807, 2.05) is 18.2 Å². The van der Waals surface area contributed by atoms with Gasteiger partial charge in [0.05, 0.1) is 20.1 Å². The lowest BCUT2D eigenvalue weighted by Gasteiger charge is -2.08. The first kappa shape index (κ1) is 10.8. The highest BCUT2D eigenvalue weighted by atomic mass is 16.5. The highest BCUT2D eigenvalue weighted by Gasteiger charge is 2.44. The molecule has 2 rings (SSSR count). The molecule has 86 valence electrons. The summed E-state index contributed by atoms with van der Waals surface area (Å²) in [6, 6.07) is 5.56. The molecule has 1 aromatic rings. The standard InChI is InChI=1S/C12H14O4/c1-15-10-4-3-7(5-11(10)16-2)8-6-9(8)12(13)14/h3-5,8-9H,6H2,1-2H3,(H,13,14)/t8-,9+/m1/s1. The van der Waals surface area contributed by atoms with Gasteiger partial charge < -0.3 is 14.6 Å². The summed E-state index contributed by atoms with van der Waals surface area (Å²) in [4.78, 5) is 10.8. The zero-order chi connectivity index (χ0) is 11.7. The number of ether oxygens (including phenoxy) is 2. The molecule has 0 unspecified atom stereocenters. The van der Waals surface area contributed by atoms with Crippen molar-refractivity contribution in [3.05, 3.63) is 23.8 Å². The molecule has 0 radical (unpaired) electrons. The summed E-state index contributed by atoms with van der Waals surface area (Å²) in [7, 11) is 3.15. The molecule has 1 fully saturated rings. The molecule has 0 aromatic heterocycles. The predicted octanol–water partition coefficient (Wildman–Crippen LogP) is 1.89. The number of benzene rings is 1. The first-order valence-corrected chi connectivity index (χ1v) is 5.12. The van der Waals surface area contributed by atoms with E-state index in [2.05, 4.69) is 0 Å². The summed E-state index contributed by atoms with van der Waals surface area (Å²) in [6.45, 7) is 0. The van der Waals surface area contributed by atoms with Gasteiger partial charge >= 0.3 is 5.97 Å². The van der Waals surface area contributed by atoms with Crippen LogP contribution in [-0.4, -0.2) is 25.3 Å². The van der Waals surface area contributed by atoms with Crippen molar-refractivity contribution < 1.29 is 19.4 Å². The van der Waals surface area contributed by atoms with Gasteiger partial charge in [0.1, 0.15) is 0 Å². The van der Waals surface area contributed by atoms with Crippen molar-refractivity contribution in [1.82, 2.24) is 0 Å². The Hall–Kier alpha value is -1.71. The van der Waals surface area contributed by atoms with Gasteiger partial charge in [-0.25, -0.2) is 0 Å². The number of hydrogen-bond acceptors (Lipinski definition) is 3. The van der Waals surface area contributed by atoms with E-state index in [0.717, 1.165) is 5.56 Å². The van der Waals surface area contributed by atoms with Gasteiger partial charge in [0.15, 0.2) is 11.5 Å². The van der Waals surface area contributed by atoms with Crippen molar-refractivity contribution in [3.63, 3.8) is 0 Å². The molecular formula is C12H14O4. The van der Waals surface area contributed by atoms with E-state index >= 15 is 0 Å². The molecule has 0 spiro atoms. The fourth-order valence-electron chi connectivity index (χ4n) is 1.92. The second kappa shape index (κ2) is 4.04. The third-order valence-corrected chi connectivity index (χ3v) is 2.94. The minimum atomic E-state index is -0.722. The average molecular weight is 222 g/mol. The Labute approximate surface area is 93.8 Å². The molecule has 0 amide bonds. The van der Waals surface area contributed by atoms with Crippen molar-refractivity contribution in [2.24, 2.45) is 5.92 Å². The molecule has 1 aliphatic rings. The molecule has 1 aromatic carbocycles. The first-order chi connectivity index (χ1) is 7.67. The summed E-state index contributed by atoms with van der Waals surface area (Å²) in [6.07, 6.45) is 0.713. The lowest BCUT2D eigenvalue weighted by atomic mass is 10.1. The fraction of sp³-hybridized carbons (Fsp3) is 0.417. The molecule has 4 nitrogen and oxygen atoms in total. The molecule has 0 aliphatic heterocycles. The molecule has 1 saturated carbocycles. The Balaban J connectivity index is 2.21. The fourth-order valence-corrected chi connectivity index (χ4v) is 1.92. The summed E-state index contributed by atoms with van der Waals surface area (Å²) >= 11 is 0. The van der Waals surface area contributed by atoms with Crippen LogP contribution in [0.5, 0.6) is 11.5 Å². The number of rotatable bonds is 4. The van der Waals surface area contributed by atoms with Crippen molar-refractivity contribution in [1.29, 1.82) is 0 Å². The van der Waals surface area contributed by atoms with Crippen molar-refractivity contribution >= 4 is 5.97 Å². The highest BCUT2D eigenvalue weighted by molar-refractivity contribution is 5.75. The second-order valence-corrected chi connectivity index (χ2v) is 3.90. The molecule has 2 atom stereocenters. The average Bonchev–Trinajstić information content (AvgIpc) is 3.08. The third kappa shape index (κ3) is 1.83. The summed E-state index contributed by atoms with van der Waals surface area (Å²) in [5.74, 6) is 0.477. The van der Waals surface area contributed by atoms with Crippen LogP contribution in [-0.2, 0) is 4.79 Å². The molecule has 4 heteroatoms. The van der Waals surface area contributed by atoms with Gasteiger partial charge in [-0.05, 0) is 30.0 Å². The lowest BCUT2D eigenvalue weighted by molar-refractivity contribution is -0.138.